The van der Waals surface area contributed by atoms with Gasteiger partial charge in [-0.05, 0) is 37.6 Å². The molecular formula is C27H25N7O3. The zero-order chi connectivity index (χ0) is 25.5. The van der Waals surface area contributed by atoms with E-state index < -0.39 is 0 Å². The van der Waals surface area contributed by atoms with E-state index >= 15 is 0 Å². The number of fused-ring (bicyclic) bond motifs is 2. The van der Waals surface area contributed by atoms with Crippen LogP contribution >= 0.6 is 0 Å². The SMILES string of the molecule is COc1cccc(C2CC(=O)Nc3c2c(C)nn3-c2ccc3nnc(C)n3n2)c1OCc1ccccc1. The van der Waals surface area contributed by atoms with Crippen molar-refractivity contribution in [3.63, 3.8) is 0 Å². The lowest BCUT2D eigenvalue weighted by atomic mass is 9.85. The predicted octanol–water partition coefficient (Wildman–Crippen LogP) is 3.99. The minimum atomic E-state index is -0.279. The third kappa shape index (κ3) is 3.96. The highest BCUT2D eigenvalue weighted by molar-refractivity contribution is 5.95. The van der Waals surface area contributed by atoms with Gasteiger partial charge in [-0.3, -0.25) is 4.79 Å². The number of benzene rings is 2. The molecule has 1 amide bonds. The normalized spacial score (nSPS) is 14.9. The first kappa shape index (κ1) is 22.7. The number of ether oxygens (including phenoxy) is 2. The molecule has 0 aliphatic carbocycles. The molecule has 10 nitrogen and oxygen atoms in total. The molecule has 0 saturated heterocycles. The van der Waals surface area contributed by atoms with Gasteiger partial charge in [0.15, 0.2) is 28.8 Å². The van der Waals surface area contributed by atoms with Crippen molar-refractivity contribution in [1.82, 2.24) is 29.6 Å². The van der Waals surface area contributed by atoms with E-state index in [0.717, 1.165) is 22.4 Å². The van der Waals surface area contributed by atoms with Gasteiger partial charge in [-0.25, -0.2) is 0 Å². The molecule has 4 heterocycles. The smallest absolute Gasteiger partial charge is 0.226 e. The van der Waals surface area contributed by atoms with Crippen molar-refractivity contribution in [2.45, 2.75) is 32.8 Å². The number of hydrogen-bond donors (Lipinski definition) is 1. The van der Waals surface area contributed by atoms with Crippen molar-refractivity contribution in [3.05, 3.63) is 88.9 Å². The lowest BCUT2D eigenvalue weighted by molar-refractivity contribution is -0.116. The molecule has 37 heavy (non-hydrogen) atoms. The fraction of sp³-hybridized carbons (Fsp3) is 0.222. The minimum Gasteiger partial charge on any atom is -0.493 e. The highest BCUT2D eigenvalue weighted by Gasteiger charge is 2.35. The number of nitrogens with one attached hydrogen (secondary N) is 1. The summed E-state index contributed by atoms with van der Waals surface area (Å²) in [5.41, 5.74) is 4.25. The lowest BCUT2D eigenvalue weighted by Gasteiger charge is -2.26. The van der Waals surface area contributed by atoms with Gasteiger partial charge in [-0.2, -0.15) is 14.3 Å². The van der Waals surface area contributed by atoms with Gasteiger partial charge in [0.05, 0.1) is 12.8 Å². The zero-order valence-corrected chi connectivity index (χ0v) is 20.7. The van der Waals surface area contributed by atoms with Crippen LogP contribution in [0.5, 0.6) is 11.5 Å². The number of carbonyl (C=O) groups is 1. The summed E-state index contributed by atoms with van der Waals surface area (Å²) >= 11 is 0. The molecule has 2 aromatic carbocycles. The van der Waals surface area contributed by atoms with Crippen LogP contribution < -0.4 is 14.8 Å². The van der Waals surface area contributed by atoms with Crippen LogP contribution in [0, 0.1) is 13.8 Å². The van der Waals surface area contributed by atoms with Crippen molar-refractivity contribution in [3.8, 4) is 17.3 Å². The van der Waals surface area contributed by atoms with Gasteiger partial charge in [0.25, 0.3) is 0 Å². The second-order valence-electron chi connectivity index (χ2n) is 8.93. The molecule has 5 aromatic rings. The van der Waals surface area contributed by atoms with Crippen LogP contribution in [0.3, 0.4) is 0 Å². The highest BCUT2D eigenvalue weighted by Crippen LogP contribution is 2.45. The Labute approximate surface area is 212 Å². The summed E-state index contributed by atoms with van der Waals surface area (Å²) in [7, 11) is 1.62. The molecule has 6 rings (SSSR count). The number of carbonyl (C=O) groups excluding carboxylic acids is 1. The Balaban J connectivity index is 1.45. The molecule has 0 radical (unpaired) electrons. The Morgan fingerprint density at radius 1 is 1.00 bits per heavy atom. The number of methoxy groups -OCH3 is 1. The monoisotopic (exact) mass is 495 g/mol. The van der Waals surface area contributed by atoms with Crippen LogP contribution in [0.4, 0.5) is 5.82 Å². The number of aryl methyl sites for hydroxylation is 2. The van der Waals surface area contributed by atoms with Gasteiger partial charge in [0.2, 0.25) is 5.91 Å². The van der Waals surface area contributed by atoms with Crippen molar-refractivity contribution < 1.29 is 14.3 Å². The van der Waals surface area contributed by atoms with E-state index in [9.17, 15) is 4.79 Å². The fourth-order valence-corrected chi connectivity index (χ4v) is 4.83. The number of amides is 1. The van der Waals surface area contributed by atoms with Gasteiger partial charge >= 0.3 is 0 Å². The summed E-state index contributed by atoms with van der Waals surface area (Å²) in [5, 5.41) is 20.6. The van der Waals surface area contributed by atoms with E-state index in [4.69, 9.17) is 14.6 Å². The van der Waals surface area contributed by atoms with Crippen LogP contribution in [0.25, 0.3) is 11.5 Å². The Bertz CT molecular complexity index is 1620. The van der Waals surface area contributed by atoms with Gasteiger partial charge < -0.3 is 14.8 Å². The summed E-state index contributed by atoms with van der Waals surface area (Å²) in [6, 6.07) is 19.3. The maximum Gasteiger partial charge on any atom is 0.226 e. The van der Waals surface area contributed by atoms with Crippen molar-refractivity contribution in [1.29, 1.82) is 0 Å². The number of nitrogens with zero attached hydrogens (tertiary/aromatic N) is 6. The second-order valence-corrected chi connectivity index (χ2v) is 8.93. The maximum absolute atomic E-state index is 13.0. The third-order valence-corrected chi connectivity index (χ3v) is 6.55. The largest absolute Gasteiger partial charge is 0.493 e. The molecule has 10 heteroatoms. The summed E-state index contributed by atoms with van der Waals surface area (Å²) in [4.78, 5) is 13.0. The van der Waals surface area contributed by atoms with Crippen LogP contribution in [-0.2, 0) is 11.4 Å². The van der Waals surface area contributed by atoms with Gasteiger partial charge in [0, 0.05) is 23.5 Å². The molecule has 0 spiro atoms. The first-order chi connectivity index (χ1) is 18.0. The molecule has 0 saturated carbocycles. The van der Waals surface area contributed by atoms with E-state index in [1.54, 1.807) is 16.3 Å². The first-order valence-corrected chi connectivity index (χ1v) is 12.0. The summed E-state index contributed by atoms with van der Waals surface area (Å²) in [6.45, 7) is 4.14. The number of anilines is 1. The van der Waals surface area contributed by atoms with Crippen molar-refractivity contribution in [2.75, 3.05) is 12.4 Å². The summed E-state index contributed by atoms with van der Waals surface area (Å²) in [5.74, 6) is 2.64. The number of hydrogen-bond acceptors (Lipinski definition) is 7. The molecule has 1 atom stereocenters. The molecule has 1 unspecified atom stereocenters. The van der Waals surface area contributed by atoms with Gasteiger partial charge in [-0.1, -0.05) is 42.5 Å². The van der Waals surface area contributed by atoms with Crippen molar-refractivity contribution >= 4 is 17.4 Å². The molecule has 186 valence electrons. The van der Waals surface area contributed by atoms with Crippen LogP contribution in [0.1, 0.15) is 40.5 Å². The van der Waals surface area contributed by atoms with E-state index in [2.05, 4.69) is 20.6 Å². The molecule has 0 bridgehead atoms. The van der Waals surface area contributed by atoms with Crippen LogP contribution in [-0.4, -0.2) is 42.6 Å². The van der Waals surface area contributed by atoms with E-state index in [1.807, 2.05) is 74.5 Å². The quantitative estimate of drug-likeness (QED) is 0.379. The second kappa shape index (κ2) is 9.05. The Morgan fingerprint density at radius 2 is 1.84 bits per heavy atom. The van der Waals surface area contributed by atoms with E-state index in [-0.39, 0.29) is 18.2 Å². The van der Waals surface area contributed by atoms with Gasteiger partial charge in [0.1, 0.15) is 12.4 Å². The molecule has 3 aromatic heterocycles. The molecule has 0 fully saturated rings. The average Bonchev–Trinajstić information content (AvgIpc) is 3.46. The Hall–Kier alpha value is -4.73. The molecule has 1 aliphatic rings. The summed E-state index contributed by atoms with van der Waals surface area (Å²) in [6.07, 6.45) is 0.255. The first-order valence-electron chi connectivity index (χ1n) is 12.0. The van der Waals surface area contributed by atoms with E-state index in [1.165, 1.54) is 0 Å². The average molecular weight is 496 g/mol. The number of rotatable bonds is 6. The Kier molecular flexibility index (Phi) is 5.56. The van der Waals surface area contributed by atoms with Crippen LogP contribution in [0.2, 0.25) is 0 Å². The maximum atomic E-state index is 13.0. The standard InChI is InChI=1S/C27H25N7O3/c1-16-25-20(19-10-7-11-21(36-3)26(19)37-15-18-8-5-4-6-9-18)14-24(35)28-27(25)34(31-16)23-13-12-22-30-29-17(2)33(22)32-23/h4-13,20H,14-15H2,1-3H3,(H,28,35). The van der Waals surface area contributed by atoms with Crippen molar-refractivity contribution in [2.24, 2.45) is 0 Å². The van der Waals surface area contributed by atoms with Crippen LogP contribution in [0.15, 0.2) is 60.7 Å². The highest BCUT2D eigenvalue weighted by atomic mass is 16.5. The topological polar surface area (TPSA) is 108 Å². The van der Waals surface area contributed by atoms with Gasteiger partial charge in [-0.15, -0.1) is 15.3 Å². The predicted molar refractivity (Wildman–Crippen MR) is 136 cm³/mol. The zero-order valence-electron chi connectivity index (χ0n) is 20.7. The fourth-order valence-electron chi connectivity index (χ4n) is 4.83. The minimum absolute atomic E-state index is 0.114. The third-order valence-electron chi connectivity index (χ3n) is 6.55. The molecular weight excluding hydrogens is 470 g/mol. The Morgan fingerprint density at radius 3 is 2.65 bits per heavy atom. The lowest BCUT2D eigenvalue weighted by Crippen LogP contribution is -2.25. The number of para-hydroxylation sites is 1. The van der Waals surface area contributed by atoms with E-state index in [0.29, 0.717) is 41.2 Å². The molecule has 1 N–H and O–H groups in total. The summed E-state index contributed by atoms with van der Waals surface area (Å²) < 4.78 is 15.3. The molecule has 1 aliphatic heterocycles. The number of aromatic nitrogens is 6.